The number of carbonyl (C=O) groups excluding carboxylic acids is 1. The first kappa shape index (κ1) is 27.3. The van der Waals surface area contributed by atoms with Crippen molar-refractivity contribution in [3.8, 4) is 5.69 Å². The molecule has 4 rings (SSSR count). The van der Waals surface area contributed by atoms with Gasteiger partial charge < -0.3 is 4.57 Å². The van der Waals surface area contributed by atoms with Gasteiger partial charge in [0.25, 0.3) is 15.9 Å². The molecule has 1 N–H and O–H groups in total. The monoisotopic (exact) mass is 592 g/mol. The molecule has 0 aliphatic rings. The number of anilines is 1. The van der Waals surface area contributed by atoms with Gasteiger partial charge >= 0.3 is 0 Å². The third-order valence-electron chi connectivity index (χ3n) is 6.19. The molecule has 196 valence electrons. The van der Waals surface area contributed by atoms with Crippen LogP contribution >= 0.6 is 15.9 Å². The zero-order valence-corrected chi connectivity index (χ0v) is 24.0. The number of carbonyl (C=O) groups is 1. The zero-order chi connectivity index (χ0) is 27.4. The number of halogens is 1. The predicted octanol–water partition coefficient (Wildman–Crippen LogP) is 5.82. The Kier molecular flexibility index (Phi) is 8.18. The molecule has 0 aliphatic heterocycles. The second-order valence-electron chi connectivity index (χ2n) is 9.05. The summed E-state index contributed by atoms with van der Waals surface area (Å²) >= 11 is 3.36. The standard InChI is InChI=1S/C29H29BrN4O3S/c1-20-10-15-28(21(2)16-20)34-22(3)17-24(23(34)4)18-31-32-29(35)19-33(26-13-11-25(30)12-14-26)38(36,37)27-8-6-5-7-9-27/h5-18H,19H2,1-4H3,(H,32,35)/b31-18+. The Morgan fingerprint density at radius 2 is 1.66 bits per heavy atom. The highest BCUT2D eigenvalue weighted by Crippen LogP contribution is 2.26. The minimum Gasteiger partial charge on any atom is -0.318 e. The first-order valence-electron chi connectivity index (χ1n) is 12.0. The molecular weight excluding hydrogens is 564 g/mol. The van der Waals surface area contributed by atoms with Gasteiger partial charge in [0.2, 0.25) is 0 Å². The SMILES string of the molecule is Cc1ccc(-n2c(C)cc(/C=N/NC(=O)CN(c3ccc(Br)cc3)S(=O)(=O)c3ccccc3)c2C)c(C)c1. The van der Waals surface area contributed by atoms with Crippen LogP contribution in [0.3, 0.4) is 0 Å². The van der Waals surface area contributed by atoms with Crippen LogP contribution in [-0.2, 0) is 14.8 Å². The molecule has 0 atom stereocenters. The van der Waals surface area contributed by atoms with E-state index >= 15 is 0 Å². The van der Waals surface area contributed by atoms with Crippen molar-refractivity contribution < 1.29 is 13.2 Å². The number of rotatable bonds is 8. The summed E-state index contributed by atoms with van der Waals surface area (Å²) in [6.45, 7) is 7.73. The zero-order valence-electron chi connectivity index (χ0n) is 21.6. The van der Waals surface area contributed by atoms with Gasteiger partial charge in [-0.15, -0.1) is 0 Å². The lowest BCUT2D eigenvalue weighted by Gasteiger charge is -2.23. The Balaban J connectivity index is 1.55. The molecule has 9 heteroatoms. The molecular formula is C29H29BrN4O3S. The van der Waals surface area contributed by atoms with E-state index in [-0.39, 0.29) is 4.90 Å². The number of aryl methyl sites for hydroxylation is 3. The van der Waals surface area contributed by atoms with E-state index in [0.717, 1.165) is 37.0 Å². The molecule has 0 spiro atoms. The molecule has 1 amide bonds. The van der Waals surface area contributed by atoms with Gasteiger partial charge in [0.05, 0.1) is 16.8 Å². The third kappa shape index (κ3) is 5.89. The van der Waals surface area contributed by atoms with Crippen LogP contribution < -0.4 is 9.73 Å². The number of hydrogen-bond donors (Lipinski definition) is 1. The third-order valence-corrected chi connectivity index (χ3v) is 8.51. The Labute approximate surface area is 232 Å². The van der Waals surface area contributed by atoms with E-state index < -0.39 is 22.5 Å². The van der Waals surface area contributed by atoms with Crippen LogP contribution in [0.1, 0.15) is 28.1 Å². The number of aromatic nitrogens is 1. The minimum atomic E-state index is -3.98. The first-order chi connectivity index (χ1) is 18.1. The number of hydrogen-bond acceptors (Lipinski definition) is 4. The second kappa shape index (κ2) is 11.4. The highest BCUT2D eigenvalue weighted by molar-refractivity contribution is 9.10. The van der Waals surface area contributed by atoms with Crippen LogP contribution in [0, 0.1) is 27.7 Å². The van der Waals surface area contributed by atoms with E-state index in [4.69, 9.17) is 0 Å². The molecule has 0 aliphatic carbocycles. The molecule has 0 radical (unpaired) electrons. The average molecular weight is 594 g/mol. The van der Waals surface area contributed by atoms with Gasteiger partial charge in [-0.1, -0.05) is 51.8 Å². The molecule has 0 bridgehead atoms. The van der Waals surface area contributed by atoms with Crippen LogP contribution in [0.25, 0.3) is 5.69 Å². The quantitative estimate of drug-likeness (QED) is 0.207. The normalized spacial score (nSPS) is 11.6. The van der Waals surface area contributed by atoms with Gasteiger partial charge in [-0.25, -0.2) is 13.8 Å². The summed E-state index contributed by atoms with van der Waals surface area (Å²) in [5.41, 5.74) is 9.18. The first-order valence-corrected chi connectivity index (χ1v) is 14.2. The summed E-state index contributed by atoms with van der Waals surface area (Å²) in [5.74, 6) is -0.563. The van der Waals surface area contributed by atoms with Crippen molar-refractivity contribution in [3.63, 3.8) is 0 Å². The molecule has 38 heavy (non-hydrogen) atoms. The van der Waals surface area contributed by atoms with E-state index in [1.165, 1.54) is 17.7 Å². The molecule has 0 fully saturated rings. The van der Waals surface area contributed by atoms with Gasteiger partial charge in [-0.2, -0.15) is 5.10 Å². The topological polar surface area (TPSA) is 83.8 Å². The fourth-order valence-electron chi connectivity index (χ4n) is 4.33. The van der Waals surface area contributed by atoms with Crippen molar-refractivity contribution in [1.29, 1.82) is 0 Å². The summed E-state index contributed by atoms with van der Waals surface area (Å²) in [4.78, 5) is 13.0. The Morgan fingerprint density at radius 1 is 0.974 bits per heavy atom. The van der Waals surface area contributed by atoms with Crippen molar-refractivity contribution in [1.82, 2.24) is 9.99 Å². The summed E-state index contributed by atoms with van der Waals surface area (Å²) < 4.78 is 30.8. The lowest BCUT2D eigenvalue weighted by molar-refractivity contribution is -0.119. The van der Waals surface area contributed by atoms with E-state index in [1.54, 1.807) is 48.7 Å². The molecule has 0 saturated heterocycles. The Morgan fingerprint density at radius 3 is 2.32 bits per heavy atom. The van der Waals surface area contributed by atoms with E-state index in [0.29, 0.717) is 5.69 Å². The summed E-state index contributed by atoms with van der Waals surface area (Å²) in [5, 5.41) is 4.14. The molecule has 4 aromatic rings. The molecule has 0 saturated carbocycles. The van der Waals surface area contributed by atoms with Gasteiger partial charge in [-0.3, -0.25) is 9.10 Å². The van der Waals surface area contributed by atoms with Crippen LogP contribution in [0.5, 0.6) is 0 Å². The number of nitrogens with zero attached hydrogens (tertiary/aromatic N) is 3. The van der Waals surface area contributed by atoms with Crippen molar-refractivity contribution in [2.45, 2.75) is 32.6 Å². The van der Waals surface area contributed by atoms with Crippen LogP contribution in [0.4, 0.5) is 5.69 Å². The van der Waals surface area contributed by atoms with E-state index in [1.807, 2.05) is 19.9 Å². The molecule has 7 nitrogen and oxygen atoms in total. The summed E-state index contributed by atoms with van der Waals surface area (Å²) in [7, 11) is -3.98. The molecule has 1 aromatic heterocycles. The van der Waals surface area contributed by atoms with Crippen LogP contribution in [0.15, 0.2) is 93.3 Å². The van der Waals surface area contributed by atoms with E-state index in [9.17, 15) is 13.2 Å². The highest BCUT2D eigenvalue weighted by Gasteiger charge is 2.27. The number of sulfonamides is 1. The predicted molar refractivity (Wildman–Crippen MR) is 156 cm³/mol. The maximum atomic E-state index is 13.4. The maximum absolute atomic E-state index is 13.4. The van der Waals surface area contributed by atoms with Gasteiger partial charge in [0.1, 0.15) is 6.54 Å². The fraction of sp³-hybridized carbons (Fsp3) is 0.172. The lowest BCUT2D eigenvalue weighted by atomic mass is 10.1. The van der Waals surface area contributed by atoms with Crippen molar-refractivity contribution >= 4 is 43.8 Å². The van der Waals surface area contributed by atoms with Crippen LogP contribution in [0.2, 0.25) is 0 Å². The van der Waals surface area contributed by atoms with Gasteiger partial charge in [0.15, 0.2) is 0 Å². The summed E-state index contributed by atoms with van der Waals surface area (Å²) in [6, 6.07) is 23.1. The smallest absolute Gasteiger partial charge is 0.264 e. The second-order valence-corrected chi connectivity index (χ2v) is 11.8. The number of amides is 1. The van der Waals surface area contributed by atoms with Gasteiger partial charge in [0, 0.05) is 27.1 Å². The van der Waals surface area contributed by atoms with Crippen LogP contribution in [-0.4, -0.2) is 31.7 Å². The molecule has 3 aromatic carbocycles. The average Bonchev–Trinajstić information content (AvgIpc) is 3.16. The van der Waals surface area contributed by atoms with E-state index in [2.05, 4.69) is 63.1 Å². The minimum absolute atomic E-state index is 0.0954. The van der Waals surface area contributed by atoms with Crippen molar-refractivity contribution in [3.05, 3.63) is 111 Å². The number of benzene rings is 3. The largest absolute Gasteiger partial charge is 0.318 e. The molecule has 1 heterocycles. The fourth-order valence-corrected chi connectivity index (χ4v) is 6.03. The lowest BCUT2D eigenvalue weighted by Crippen LogP contribution is -2.39. The highest BCUT2D eigenvalue weighted by atomic mass is 79.9. The van der Waals surface area contributed by atoms with Crippen molar-refractivity contribution in [2.75, 3.05) is 10.8 Å². The Bertz CT molecular complexity index is 1600. The number of nitrogens with one attached hydrogen (secondary N) is 1. The molecule has 0 unspecified atom stereocenters. The Hall–Kier alpha value is -3.69. The maximum Gasteiger partial charge on any atom is 0.264 e. The number of hydrazone groups is 1. The van der Waals surface area contributed by atoms with Gasteiger partial charge in [-0.05, 0) is 81.8 Å². The van der Waals surface area contributed by atoms with Crippen molar-refractivity contribution in [2.24, 2.45) is 5.10 Å². The summed E-state index contributed by atoms with van der Waals surface area (Å²) in [6.07, 6.45) is 1.58.